The first-order valence-electron chi connectivity index (χ1n) is 4.43. The first-order chi connectivity index (χ1) is 5.97. The standard InChI is InChI=1S/C8H15F3N2/c1-13(6-8(9,10)11)3-2-7-4-12-5-7/h7,12H,2-6H2,1H3. The van der Waals surface area contributed by atoms with Crippen LogP contribution in [0.4, 0.5) is 13.2 Å². The van der Waals surface area contributed by atoms with Gasteiger partial charge in [0.1, 0.15) is 0 Å². The molecular weight excluding hydrogens is 181 g/mol. The zero-order chi connectivity index (χ0) is 9.90. The molecule has 0 aromatic heterocycles. The van der Waals surface area contributed by atoms with Crippen molar-refractivity contribution in [1.82, 2.24) is 10.2 Å². The molecular formula is C8H15F3N2. The molecule has 0 amide bonds. The Labute approximate surface area is 76.1 Å². The van der Waals surface area contributed by atoms with Gasteiger partial charge in [-0.2, -0.15) is 13.2 Å². The van der Waals surface area contributed by atoms with Gasteiger partial charge in [0.15, 0.2) is 0 Å². The molecule has 1 saturated heterocycles. The van der Waals surface area contributed by atoms with Crippen LogP contribution < -0.4 is 5.32 Å². The van der Waals surface area contributed by atoms with Crippen molar-refractivity contribution in [2.24, 2.45) is 5.92 Å². The monoisotopic (exact) mass is 196 g/mol. The van der Waals surface area contributed by atoms with E-state index in [2.05, 4.69) is 5.32 Å². The van der Waals surface area contributed by atoms with Crippen molar-refractivity contribution in [1.29, 1.82) is 0 Å². The largest absolute Gasteiger partial charge is 0.401 e. The van der Waals surface area contributed by atoms with Crippen LogP contribution in [0.25, 0.3) is 0 Å². The van der Waals surface area contributed by atoms with Crippen LogP contribution in [-0.4, -0.2) is 44.3 Å². The van der Waals surface area contributed by atoms with Crippen molar-refractivity contribution < 1.29 is 13.2 Å². The van der Waals surface area contributed by atoms with Crippen LogP contribution in [0.2, 0.25) is 0 Å². The fourth-order valence-corrected chi connectivity index (χ4v) is 1.34. The Hall–Kier alpha value is -0.290. The van der Waals surface area contributed by atoms with Crippen LogP contribution in [0.1, 0.15) is 6.42 Å². The third-order valence-corrected chi connectivity index (χ3v) is 2.23. The van der Waals surface area contributed by atoms with Crippen LogP contribution in [0.15, 0.2) is 0 Å². The summed E-state index contributed by atoms with van der Waals surface area (Å²) in [5, 5.41) is 3.09. The van der Waals surface area contributed by atoms with Gasteiger partial charge in [-0.1, -0.05) is 0 Å². The minimum Gasteiger partial charge on any atom is -0.316 e. The fourth-order valence-electron chi connectivity index (χ4n) is 1.34. The molecule has 0 unspecified atom stereocenters. The third-order valence-electron chi connectivity index (χ3n) is 2.23. The number of halogens is 3. The number of hydrogen-bond acceptors (Lipinski definition) is 2. The second-order valence-electron chi connectivity index (χ2n) is 3.67. The summed E-state index contributed by atoms with van der Waals surface area (Å²) in [5.74, 6) is 0.579. The van der Waals surface area contributed by atoms with E-state index in [0.29, 0.717) is 12.5 Å². The van der Waals surface area contributed by atoms with E-state index in [1.165, 1.54) is 11.9 Å². The molecule has 1 rings (SSSR count). The molecule has 0 atom stereocenters. The fraction of sp³-hybridized carbons (Fsp3) is 1.00. The molecule has 0 aromatic rings. The van der Waals surface area contributed by atoms with E-state index in [4.69, 9.17) is 0 Å². The number of alkyl halides is 3. The van der Waals surface area contributed by atoms with E-state index >= 15 is 0 Å². The summed E-state index contributed by atoms with van der Waals surface area (Å²) in [6.07, 6.45) is -3.20. The Kier molecular flexibility index (Phi) is 3.55. The van der Waals surface area contributed by atoms with E-state index < -0.39 is 12.7 Å². The molecule has 1 N–H and O–H groups in total. The van der Waals surface area contributed by atoms with Gasteiger partial charge in [-0.15, -0.1) is 0 Å². The maximum atomic E-state index is 11.9. The average molecular weight is 196 g/mol. The summed E-state index contributed by atoms with van der Waals surface area (Å²) in [4.78, 5) is 1.33. The zero-order valence-electron chi connectivity index (χ0n) is 7.69. The Morgan fingerprint density at radius 2 is 2.00 bits per heavy atom. The molecule has 2 nitrogen and oxygen atoms in total. The molecule has 0 spiro atoms. The Balaban J connectivity index is 2.06. The van der Waals surface area contributed by atoms with Gasteiger partial charge < -0.3 is 5.32 Å². The second kappa shape index (κ2) is 4.28. The molecule has 0 bridgehead atoms. The van der Waals surface area contributed by atoms with Gasteiger partial charge in [-0.05, 0) is 39.0 Å². The summed E-state index contributed by atoms with van der Waals surface area (Å²) < 4.78 is 35.6. The van der Waals surface area contributed by atoms with Crippen molar-refractivity contribution in [3.05, 3.63) is 0 Å². The molecule has 1 heterocycles. The van der Waals surface area contributed by atoms with Crippen molar-refractivity contribution in [2.75, 3.05) is 33.2 Å². The van der Waals surface area contributed by atoms with Gasteiger partial charge in [0.2, 0.25) is 0 Å². The van der Waals surface area contributed by atoms with Crippen LogP contribution in [-0.2, 0) is 0 Å². The van der Waals surface area contributed by atoms with Crippen molar-refractivity contribution >= 4 is 0 Å². The molecule has 1 aliphatic rings. The van der Waals surface area contributed by atoms with Gasteiger partial charge in [0.05, 0.1) is 6.54 Å². The van der Waals surface area contributed by atoms with E-state index in [1.807, 2.05) is 0 Å². The number of nitrogens with one attached hydrogen (secondary N) is 1. The Morgan fingerprint density at radius 3 is 2.38 bits per heavy atom. The summed E-state index contributed by atoms with van der Waals surface area (Å²) in [6.45, 7) is 1.65. The first kappa shape index (κ1) is 10.8. The molecule has 0 saturated carbocycles. The van der Waals surface area contributed by atoms with Crippen molar-refractivity contribution in [3.8, 4) is 0 Å². The maximum Gasteiger partial charge on any atom is 0.401 e. The Bertz CT molecular complexity index is 154. The number of rotatable bonds is 4. The van der Waals surface area contributed by atoms with Crippen LogP contribution in [0.3, 0.4) is 0 Å². The summed E-state index contributed by atoms with van der Waals surface area (Å²) in [6, 6.07) is 0. The number of hydrogen-bond donors (Lipinski definition) is 1. The van der Waals surface area contributed by atoms with E-state index in [-0.39, 0.29) is 0 Å². The molecule has 0 radical (unpaired) electrons. The first-order valence-corrected chi connectivity index (χ1v) is 4.43. The lowest BCUT2D eigenvalue weighted by Crippen LogP contribution is -2.44. The Morgan fingerprint density at radius 1 is 1.38 bits per heavy atom. The molecule has 1 aliphatic heterocycles. The van der Waals surface area contributed by atoms with Crippen molar-refractivity contribution in [2.45, 2.75) is 12.6 Å². The van der Waals surface area contributed by atoms with E-state index in [0.717, 1.165) is 19.5 Å². The topological polar surface area (TPSA) is 15.3 Å². The third kappa shape index (κ3) is 4.47. The minimum atomic E-state index is -4.06. The van der Waals surface area contributed by atoms with E-state index in [9.17, 15) is 13.2 Å². The predicted octanol–water partition coefficient (Wildman–Crippen LogP) is 1.09. The minimum absolute atomic E-state index is 0.534. The molecule has 0 aromatic carbocycles. The summed E-state index contributed by atoms with van der Waals surface area (Å²) in [7, 11) is 1.51. The molecule has 78 valence electrons. The predicted molar refractivity (Wildman–Crippen MR) is 44.5 cm³/mol. The molecule has 0 aliphatic carbocycles. The number of nitrogens with zero attached hydrogens (tertiary/aromatic N) is 1. The smallest absolute Gasteiger partial charge is 0.316 e. The lowest BCUT2D eigenvalue weighted by atomic mass is 9.99. The van der Waals surface area contributed by atoms with Gasteiger partial charge in [0, 0.05) is 0 Å². The highest BCUT2D eigenvalue weighted by molar-refractivity contribution is 4.75. The highest BCUT2D eigenvalue weighted by Gasteiger charge is 2.29. The molecule has 5 heteroatoms. The highest BCUT2D eigenvalue weighted by atomic mass is 19.4. The lowest BCUT2D eigenvalue weighted by molar-refractivity contribution is -0.143. The van der Waals surface area contributed by atoms with Crippen LogP contribution in [0.5, 0.6) is 0 Å². The summed E-state index contributed by atoms with van der Waals surface area (Å²) in [5.41, 5.74) is 0. The van der Waals surface area contributed by atoms with Gasteiger partial charge in [0.25, 0.3) is 0 Å². The van der Waals surface area contributed by atoms with Crippen LogP contribution in [0, 0.1) is 5.92 Å². The van der Waals surface area contributed by atoms with Crippen molar-refractivity contribution in [3.63, 3.8) is 0 Å². The quantitative estimate of drug-likeness (QED) is 0.724. The zero-order valence-corrected chi connectivity index (χ0v) is 7.69. The lowest BCUT2D eigenvalue weighted by Gasteiger charge is -2.29. The maximum absolute atomic E-state index is 11.9. The molecule has 1 fully saturated rings. The second-order valence-corrected chi connectivity index (χ2v) is 3.67. The van der Waals surface area contributed by atoms with E-state index in [1.54, 1.807) is 0 Å². The SMILES string of the molecule is CN(CCC1CNC1)CC(F)(F)F. The van der Waals surface area contributed by atoms with Gasteiger partial charge in [-0.25, -0.2) is 0 Å². The summed E-state index contributed by atoms with van der Waals surface area (Å²) >= 11 is 0. The van der Waals surface area contributed by atoms with Gasteiger partial charge >= 0.3 is 6.18 Å². The average Bonchev–Trinajstić information content (AvgIpc) is 1.78. The van der Waals surface area contributed by atoms with Gasteiger partial charge in [-0.3, -0.25) is 4.90 Å². The molecule has 13 heavy (non-hydrogen) atoms. The highest BCUT2D eigenvalue weighted by Crippen LogP contribution is 2.16. The van der Waals surface area contributed by atoms with Crippen LogP contribution >= 0.6 is 0 Å². The normalized spacial score (nSPS) is 19.2.